The number of pyridine rings is 1. The second-order valence-electron chi connectivity index (χ2n) is 11.9. The largest absolute Gasteiger partial charge is 0.478 e. The minimum Gasteiger partial charge on any atom is -0.478 e. The molecule has 2 aromatic rings. The van der Waals surface area contributed by atoms with E-state index in [1.54, 1.807) is 12.4 Å². The first-order chi connectivity index (χ1) is 18.8. The van der Waals surface area contributed by atoms with Crippen molar-refractivity contribution in [2.75, 3.05) is 6.61 Å². The molecule has 2 aliphatic rings. The lowest BCUT2D eigenvalue weighted by atomic mass is 9.80. The van der Waals surface area contributed by atoms with Crippen molar-refractivity contribution in [1.29, 1.82) is 0 Å². The Morgan fingerprint density at radius 1 is 0.974 bits per heavy atom. The molecule has 2 heterocycles. The van der Waals surface area contributed by atoms with Crippen LogP contribution in [-0.2, 0) is 18.8 Å². The number of aryl methyl sites for hydroxylation is 2. The predicted molar refractivity (Wildman–Crippen MR) is 149 cm³/mol. The molecule has 0 N–H and O–H groups in total. The summed E-state index contributed by atoms with van der Waals surface area (Å²) in [7, 11) is 0. The highest BCUT2D eigenvalue weighted by molar-refractivity contribution is 5.38. The fourth-order valence-corrected chi connectivity index (χ4v) is 6.01. The Labute approximate surface area is 232 Å². The van der Waals surface area contributed by atoms with Gasteiger partial charge in [0, 0.05) is 18.5 Å². The minimum atomic E-state index is -3.43. The zero-order valence-corrected chi connectivity index (χ0v) is 24.0. The lowest BCUT2D eigenvalue weighted by Gasteiger charge is -2.32. The first-order valence-electron chi connectivity index (χ1n) is 15.3. The summed E-state index contributed by atoms with van der Waals surface area (Å²) in [6.45, 7) is 7.15. The van der Waals surface area contributed by atoms with Crippen LogP contribution in [0.1, 0.15) is 126 Å². The van der Waals surface area contributed by atoms with E-state index in [1.807, 2.05) is 0 Å². The summed E-state index contributed by atoms with van der Waals surface area (Å²) in [5, 5.41) is 0. The van der Waals surface area contributed by atoms with E-state index in [1.165, 1.54) is 51.0 Å². The summed E-state index contributed by atoms with van der Waals surface area (Å²) in [4.78, 5) is 12.3. The van der Waals surface area contributed by atoms with E-state index in [0.29, 0.717) is 13.0 Å². The van der Waals surface area contributed by atoms with Gasteiger partial charge in [-0.25, -0.2) is 18.7 Å². The van der Waals surface area contributed by atoms with Crippen LogP contribution in [0.4, 0.5) is 13.2 Å². The average Bonchev–Trinajstić information content (AvgIpc) is 3.76. The van der Waals surface area contributed by atoms with Crippen LogP contribution >= 0.6 is 0 Å². The number of unbranched alkanes of at least 4 members (excludes halogenated alkanes) is 3. The van der Waals surface area contributed by atoms with E-state index in [-0.39, 0.29) is 23.7 Å². The average molecular weight is 546 g/mol. The molecule has 2 aromatic heterocycles. The molecule has 3 unspecified atom stereocenters. The highest BCUT2D eigenvalue weighted by Crippen LogP contribution is 2.49. The van der Waals surface area contributed by atoms with Gasteiger partial charge in [-0.05, 0) is 73.8 Å². The van der Waals surface area contributed by atoms with E-state index < -0.39 is 23.4 Å². The molecule has 0 spiro atoms. The van der Waals surface area contributed by atoms with Crippen molar-refractivity contribution in [2.45, 2.75) is 123 Å². The second-order valence-corrected chi connectivity index (χ2v) is 11.9. The quantitative estimate of drug-likeness (QED) is 0.156. The molecule has 7 heteroatoms. The smallest absolute Gasteiger partial charge is 0.287 e. The zero-order valence-electron chi connectivity index (χ0n) is 24.0. The number of fused-ring (bicyclic) bond motifs is 1. The third-order valence-electron chi connectivity index (χ3n) is 8.94. The van der Waals surface area contributed by atoms with E-state index in [9.17, 15) is 4.39 Å². The number of alkyl halides is 2. The molecule has 0 amide bonds. The van der Waals surface area contributed by atoms with Gasteiger partial charge >= 0.3 is 0 Å². The number of nitrogens with zero attached hydrogens (tertiary/aromatic N) is 3. The Hall–Kier alpha value is -2.18. The van der Waals surface area contributed by atoms with Crippen LogP contribution in [-0.4, -0.2) is 21.6 Å². The van der Waals surface area contributed by atoms with Gasteiger partial charge in [0.05, 0.1) is 18.1 Å². The maximum atomic E-state index is 15.5. The van der Waals surface area contributed by atoms with Crippen molar-refractivity contribution in [3.63, 3.8) is 0 Å². The van der Waals surface area contributed by atoms with E-state index >= 15 is 8.78 Å². The van der Waals surface area contributed by atoms with Crippen molar-refractivity contribution in [3.05, 3.63) is 46.9 Å². The first kappa shape index (κ1) is 29.8. The van der Waals surface area contributed by atoms with Crippen LogP contribution in [0.15, 0.2) is 18.5 Å². The number of hydrogen-bond donors (Lipinski definition) is 0. The molecule has 4 nitrogen and oxygen atoms in total. The van der Waals surface area contributed by atoms with Gasteiger partial charge in [0.2, 0.25) is 11.8 Å². The SMILES string of the molecule is CCC(C)CCCCc1cnc(C2CCc3cc(OCCCCCC(CC)C4CC4)nc(F)c3C2(F)F)nc1. The third kappa shape index (κ3) is 7.94. The van der Waals surface area contributed by atoms with Gasteiger partial charge in [-0.2, -0.15) is 9.37 Å². The lowest BCUT2D eigenvalue weighted by molar-refractivity contribution is -0.0501. The number of hydrogen-bond acceptors (Lipinski definition) is 4. The van der Waals surface area contributed by atoms with Crippen molar-refractivity contribution < 1.29 is 17.9 Å². The summed E-state index contributed by atoms with van der Waals surface area (Å²) >= 11 is 0. The molecule has 1 fully saturated rings. The second kappa shape index (κ2) is 13.9. The van der Waals surface area contributed by atoms with Crippen molar-refractivity contribution in [2.24, 2.45) is 17.8 Å². The molecular weight excluding hydrogens is 499 g/mol. The van der Waals surface area contributed by atoms with Crippen LogP contribution in [0.2, 0.25) is 0 Å². The molecule has 0 radical (unpaired) electrons. The summed E-state index contributed by atoms with van der Waals surface area (Å²) in [6.07, 6.45) is 17.5. The fraction of sp³-hybridized carbons (Fsp3) is 0.719. The summed E-state index contributed by atoms with van der Waals surface area (Å²) in [6, 6.07) is 1.49. The van der Waals surface area contributed by atoms with Gasteiger partial charge in [0.15, 0.2) is 0 Å². The van der Waals surface area contributed by atoms with E-state index in [4.69, 9.17) is 4.74 Å². The van der Waals surface area contributed by atoms with Gasteiger partial charge in [-0.1, -0.05) is 65.7 Å². The van der Waals surface area contributed by atoms with Crippen LogP contribution in [0, 0.1) is 23.7 Å². The summed E-state index contributed by atoms with van der Waals surface area (Å²) in [5.41, 5.74) is 0.589. The van der Waals surface area contributed by atoms with Crippen LogP contribution < -0.4 is 4.74 Å². The first-order valence-corrected chi connectivity index (χ1v) is 15.3. The predicted octanol–water partition coefficient (Wildman–Crippen LogP) is 8.97. The zero-order chi connectivity index (χ0) is 27.8. The number of aromatic nitrogens is 3. The van der Waals surface area contributed by atoms with Crippen LogP contribution in [0.25, 0.3) is 0 Å². The molecule has 2 aliphatic carbocycles. The number of halogens is 3. The molecule has 0 aromatic carbocycles. The Morgan fingerprint density at radius 3 is 2.41 bits per heavy atom. The standard InChI is InChI=1S/C32H46F3N3O/c1-4-22(3)11-8-9-12-23-20-36-31(37-21-23)27-17-16-26-19-28(38-30(33)29(26)32(27,34)35)39-18-10-6-7-13-24(5-2)25-14-15-25/h19-22,24-25,27H,4-18H2,1-3H3. The van der Waals surface area contributed by atoms with Crippen LogP contribution in [0.3, 0.4) is 0 Å². The fourth-order valence-electron chi connectivity index (χ4n) is 6.01. The van der Waals surface area contributed by atoms with E-state index in [0.717, 1.165) is 55.4 Å². The topological polar surface area (TPSA) is 47.9 Å². The van der Waals surface area contributed by atoms with Gasteiger partial charge in [0.1, 0.15) is 5.82 Å². The minimum absolute atomic E-state index is 0.0701. The molecule has 0 saturated heterocycles. The van der Waals surface area contributed by atoms with Gasteiger partial charge < -0.3 is 4.74 Å². The Balaban J connectivity index is 1.29. The molecule has 0 bridgehead atoms. The Bertz CT molecular complexity index is 1040. The monoisotopic (exact) mass is 545 g/mol. The van der Waals surface area contributed by atoms with Crippen molar-refractivity contribution >= 4 is 0 Å². The maximum Gasteiger partial charge on any atom is 0.287 e. The highest BCUT2D eigenvalue weighted by Gasteiger charge is 2.50. The number of rotatable bonds is 16. The maximum absolute atomic E-state index is 15.5. The van der Waals surface area contributed by atoms with Gasteiger partial charge in [-0.15, -0.1) is 0 Å². The summed E-state index contributed by atoms with van der Waals surface area (Å²) in [5.74, 6) is -3.18. The molecule has 1 saturated carbocycles. The Kier molecular flexibility index (Phi) is 10.6. The highest BCUT2D eigenvalue weighted by atomic mass is 19.3. The van der Waals surface area contributed by atoms with Crippen molar-refractivity contribution in [3.8, 4) is 5.88 Å². The van der Waals surface area contributed by atoms with E-state index in [2.05, 4.69) is 35.7 Å². The third-order valence-corrected chi connectivity index (χ3v) is 8.94. The van der Waals surface area contributed by atoms with Gasteiger partial charge in [0.25, 0.3) is 5.92 Å². The lowest BCUT2D eigenvalue weighted by Crippen LogP contribution is -2.33. The molecule has 3 atom stereocenters. The molecular formula is C32H46F3N3O. The summed E-state index contributed by atoms with van der Waals surface area (Å²) < 4.78 is 51.7. The van der Waals surface area contributed by atoms with Gasteiger partial charge in [-0.3, -0.25) is 0 Å². The molecule has 216 valence electrons. The molecule has 39 heavy (non-hydrogen) atoms. The molecule has 4 rings (SSSR count). The number of ether oxygens (including phenoxy) is 1. The van der Waals surface area contributed by atoms with Crippen LogP contribution in [0.5, 0.6) is 5.88 Å². The molecule has 0 aliphatic heterocycles. The Morgan fingerprint density at radius 2 is 1.72 bits per heavy atom. The van der Waals surface area contributed by atoms with Crippen molar-refractivity contribution in [1.82, 2.24) is 15.0 Å². The normalized spacial score (nSPS) is 19.9.